The molecule has 0 saturated carbocycles. The Bertz CT molecular complexity index is 392. The topological polar surface area (TPSA) is 24.4 Å². The van der Waals surface area contributed by atoms with Gasteiger partial charge in [-0.3, -0.25) is 4.99 Å². The van der Waals surface area contributed by atoms with Crippen molar-refractivity contribution in [2.75, 3.05) is 18.6 Å². The van der Waals surface area contributed by atoms with E-state index in [2.05, 4.69) is 53.8 Å². The van der Waals surface area contributed by atoms with Crippen LogP contribution in [0.3, 0.4) is 0 Å². The minimum Gasteiger partial charge on any atom is -0.362 e. The summed E-state index contributed by atoms with van der Waals surface area (Å²) in [5.41, 5.74) is 1.37. The molecule has 1 aromatic carbocycles. The largest absolute Gasteiger partial charge is 0.362 e. The lowest BCUT2D eigenvalue weighted by atomic mass is 10.1. The summed E-state index contributed by atoms with van der Waals surface area (Å²) in [5.74, 6) is 1.20. The smallest absolute Gasteiger partial charge is 0.157 e. The highest BCUT2D eigenvalue weighted by Crippen LogP contribution is 2.34. The molecule has 0 bridgehead atoms. The molecule has 0 aromatic heterocycles. The molecule has 4 heteroatoms. The fraction of sp³-hybridized carbons (Fsp3) is 0.500. The second kappa shape index (κ2) is 7.10. The predicted molar refractivity (Wildman–Crippen MR) is 84.7 cm³/mol. The SMILES string of the molecule is CSCCC(C)NC1=NCC(c2ccccc2)S1. The highest BCUT2D eigenvalue weighted by atomic mass is 32.2. The maximum Gasteiger partial charge on any atom is 0.157 e. The molecular weight excluding hydrogens is 260 g/mol. The van der Waals surface area contributed by atoms with Gasteiger partial charge in [-0.05, 0) is 30.9 Å². The van der Waals surface area contributed by atoms with Gasteiger partial charge in [-0.2, -0.15) is 11.8 Å². The average Bonchev–Trinajstić information content (AvgIpc) is 2.86. The van der Waals surface area contributed by atoms with E-state index in [1.54, 1.807) is 0 Å². The average molecular weight is 280 g/mol. The minimum atomic E-state index is 0.487. The Morgan fingerprint density at radius 1 is 1.44 bits per heavy atom. The molecule has 1 aromatic rings. The summed E-state index contributed by atoms with van der Waals surface area (Å²) < 4.78 is 0. The summed E-state index contributed by atoms with van der Waals surface area (Å²) in [4.78, 5) is 4.60. The summed E-state index contributed by atoms with van der Waals surface area (Å²) in [6.07, 6.45) is 3.34. The van der Waals surface area contributed by atoms with Gasteiger partial charge >= 0.3 is 0 Å². The molecule has 2 rings (SSSR count). The van der Waals surface area contributed by atoms with Crippen LogP contribution in [0.2, 0.25) is 0 Å². The molecule has 0 aliphatic carbocycles. The maximum atomic E-state index is 4.60. The third-order valence-corrected chi connectivity index (χ3v) is 4.77. The Labute approximate surface area is 118 Å². The first-order chi connectivity index (χ1) is 8.79. The number of rotatable bonds is 5. The molecule has 98 valence electrons. The second-order valence-electron chi connectivity index (χ2n) is 4.49. The van der Waals surface area contributed by atoms with Crippen LogP contribution < -0.4 is 5.32 Å². The van der Waals surface area contributed by atoms with E-state index in [0.29, 0.717) is 11.3 Å². The van der Waals surface area contributed by atoms with Crippen molar-refractivity contribution in [3.8, 4) is 0 Å². The van der Waals surface area contributed by atoms with Gasteiger partial charge in [0.15, 0.2) is 5.17 Å². The van der Waals surface area contributed by atoms with Crippen LogP contribution in [0.5, 0.6) is 0 Å². The summed E-state index contributed by atoms with van der Waals surface area (Å²) in [5, 5.41) is 5.11. The van der Waals surface area contributed by atoms with Crippen LogP contribution >= 0.6 is 23.5 Å². The normalized spacial score (nSPS) is 20.6. The van der Waals surface area contributed by atoms with E-state index < -0.39 is 0 Å². The third kappa shape index (κ3) is 3.95. The number of hydrogen-bond acceptors (Lipinski definition) is 4. The van der Waals surface area contributed by atoms with Crippen molar-refractivity contribution >= 4 is 28.7 Å². The summed E-state index contributed by atoms with van der Waals surface area (Å²) >= 11 is 3.76. The molecule has 1 heterocycles. The number of hydrogen-bond donors (Lipinski definition) is 1. The fourth-order valence-electron chi connectivity index (χ4n) is 1.87. The molecule has 1 aliphatic rings. The molecule has 0 saturated heterocycles. The quantitative estimate of drug-likeness (QED) is 0.892. The molecule has 2 nitrogen and oxygen atoms in total. The second-order valence-corrected chi connectivity index (χ2v) is 6.67. The van der Waals surface area contributed by atoms with E-state index >= 15 is 0 Å². The van der Waals surface area contributed by atoms with Gasteiger partial charge in [-0.15, -0.1) is 0 Å². The standard InChI is InChI=1S/C14H20N2S2/c1-11(8-9-17-2)16-14-15-10-13(18-14)12-6-4-3-5-7-12/h3-7,11,13H,8-10H2,1-2H3,(H,15,16). The van der Waals surface area contributed by atoms with E-state index in [1.807, 2.05) is 23.5 Å². The predicted octanol–water partition coefficient (Wildman–Crippen LogP) is 3.56. The zero-order valence-electron chi connectivity index (χ0n) is 10.9. The van der Waals surface area contributed by atoms with Crippen LogP contribution in [0.1, 0.15) is 24.2 Å². The highest BCUT2D eigenvalue weighted by molar-refractivity contribution is 8.14. The van der Waals surface area contributed by atoms with Crippen molar-refractivity contribution in [3.05, 3.63) is 35.9 Å². The summed E-state index contributed by atoms with van der Waals surface area (Å²) in [6.45, 7) is 3.13. The van der Waals surface area contributed by atoms with Crippen molar-refractivity contribution in [1.82, 2.24) is 5.32 Å². The van der Waals surface area contributed by atoms with Crippen molar-refractivity contribution in [1.29, 1.82) is 0 Å². The van der Waals surface area contributed by atoms with Crippen LogP contribution in [0.15, 0.2) is 35.3 Å². The van der Waals surface area contributed by atoms with E-state index in [9.17, 15) is 0 Å². The minimum absolute atomic E-state index is 0.487. The number of nitrogens with zero attached hydrogens (tertiary/aromatic N) is 1. The van der Waals surface area contributed by atoms with Gasteiger partial charge in [0.1, 0.15) is 0 Å². The maximum absolute atomic E-state index is 4.60. The number of nitrogens with one attached hydrogen (secondary N) is 1. The molecule has 2 atom stereocenters. The molecule has 18 heavy (non-hydrogen) atoms. The van der Waals surface area contributed by atoms with Crippen molar-refractivity contribution in [2.45, 2.75) is 24.6 Å². The van der Waals surface area contributed by atoms with E-state index in [4.69, 9.17) is 0 Å². The lowest BCUT2D eigenvalue weighted by Gasteiger charge is -2.14. The van der Waals surface area contributed by atoms with Crippen molar-refractivity contribution < 1.29 is 0 Å². The molecule has 0 spiro atoms. The van der Waals surface area contributed by atoms with Gasteiger partial charge in [0.05, 0.1) is 11.8 Å². The zero-order chi connectivity index (χ0) is 12.8. The summed E-state index contributed by atoms with van der Waals surface area (Å²) in [6, 6.07) is 11.2. The van der Waals surface area contributed by atoms with Crippen molar-refractivity contribution in [3.63, 3.8) is 0 Å². The van der Waals surface area contributed by atoms with Gasteiger partial charge in [0, 0.05) is 6.04 Å². The van der Waals surface area contributed by atoms with Crippen LogP contribution in [0.4, 0.5) is 0 Å². The first kappa shape index (κ1) is 13.8. The monoisotopic (exact) mass is 280 g/mol. The number of aliphatic imine (C=N–C) groups is 1. The van der Waals surface area contributed by atoms with Gasteiger partial charge in [-0.25, -0.2) is 0 Å². The number of thioether (sulfide) groups is 2. The van der Waals surface area contributed by atoms with Gasteiger partial charge < -0.3 is 5.32 Å². The first-order valence-corrected chi connectivity index (χ1v) is 8.58. The Kier molecular flexibility index (Phi) is 5.45. The Morgan fingerprint density at radius 3 is 2.94 bits per heavy atom. The molecule has 2 unspecified atom stereocenters. The molecule has 1 N–H and O–H groups in total. The van der Waals surface area contributed by atoms with Crippen LogP contribution in [0, 0.1) is 0 Å². The molecule has 0 fully saturated rings. The zero-order valence-corrected chi connectivity index (χ0v) is 12.6. The molecular formula is C14H20N2S2. The van der Waals surface area contributed by atoms with Crippen molar-refractivity contribution in [2.24, 2.45) is 4.99 Å². The molecule has 0 amide bonds. The number of amidine groups is 1. The first-order valence-electron chi connectivity index (χ1n) is 6.31. The fourth-order valence-corrected chi connectivity index (χ4v) is 3.59. The summed E-state index contributed by atoms with van der Waals surface area (Å²) in [7, 11) is 0. The number of benzene rings is 1. The third-order valence-electron chi connectivity index (χ3n) is 2.95. The highest BCUT2D eigenvalue weighted by Gasteiger charge is 2.21. The Morgan fingerprint density at radius 2 is 2.22 bits per heavy atom. The van der Waals surface area contributed by atoms with Gasteiger partial charge in [0.25, 0.3) is 0 Å². The molecule has 0 radical (unpaired) electrons. The van der Waals surface area contributed by atoms with Crippen LogP contribution in [0.25, 0.3) is 0 Å². The van der Waals surface area contributed by atoms with E-state index in [-0.39, 0.29) is 0 Å². The lowest BCUT2D eigenvalue weighted by Crippen LogP contribution is -2.30. The Hall–Kier alpha value is -0.610. The van der Waals surface area contributed by atoms with E-state index in [0.717, 1.165) is 11.7 Å². The van der Waals surface area contributed by atoms with E-state index in [1.165, 1.54) is 17.7 Å². The van der Waals surface area contributed by atoms with Crippen LogP contribution in [-0.4, -0.2) is 29.8 Å². The molecule has 1 aliphatic heterocycles. The van der Waals surface area contributed by atoms with Gasteiger partial charge in [0.2, 0.25) is 0 Å². The lowest BCUT2D eigenvalue weighted by molar-refractivity contribution is 0.652. The Balaban J connectivity index is 1.81. The van der Waals surface area contributed by atoms with Gasteiger partial charge in [-0.1, -0.05) is 42.1 Å². The van der Waals surface area contributed by atoms with Crippen LogP contribution in [-0.2, 0) is 0 Å².